The van der Waals surface area contributed by atoms with Crippen molar-refractivity contribution in [3.63, 3.8) is 0 Å². The maximum Gasteiger partial charge on any atom is 0.224 e. The fourth-order valence-corrected chi connectivity index (χ4v) is 2.52. The molecule has 3 aromatic rings. The molecule has 2 heterocycles. The van der Waals surface area contributed by atoms with Crippen molar-refractivity contribution < 1.29 is 4.79 Å². The van der Waals surface area contributed by atoms with E-state index in [4.69, 9.17) is 11.6 Å². The van der Waals surface area contributed by atoms with E-state index in [1.165, 1.54) is 0 Å². The van der Waals surface area contributed by atoms with Crippen LogP contribution in [0.5, 0.6) is 0 Å². The molecule has 0 saturated heterocycles. The van der Waals surface area contributed by atoms with Crippen molar-refractivity contribution in [3.05, 3.63) is 71.5 Å². The SMILES string of the molecule is O=C(Cc1ccccc1Cl)NCCNc1ccc(-n2cccc2)nn1. The Kier molecular flexibility index (Phi) is 5.64. The van der Waals surface area contributed by atoms with Crippen molar-refractivity contribution >= 4 is 23.3 Å². The molecule has 0 aliphatic carbocycles. The summed E-state index contributed by atoms with van der Waals surface area (Å²) in [6.45, 7) is 1.05. The summed E-state index contributed by atoms with van der Waals surface area (Å²) in [5.41, 5.74) is 0.820. The van der Waals surface area contributed by atoms with Gasteiger partial charge in [-0.25, -0.2) is 0 Å². The van der Waals surface area contributed by atoms with Crippen LogP contribution < -0.4 is 10.6 Å². The predicted molar refractivity (Wildman–Crippen MR) is 98.0 cm³/mol. The summed E-state index contributed by atoms with van der Waals surface area (Å²) in [5, 5.41) is 14.8. The normalized spacial score (nSPS) is 10.4. The lowest BCUT2D eigenvalue weighted by Crippen LogP contribution is -2.30. The zero-order valence-electron chi connectivity index (χ0n) is 13.5. The number of nitrogens with one attached hydrogen (secondary N) is 2. The highest BCUT2D eigenvalue weighted by Crippen LogP contribution is 2.15. The Morgan fingerprint density at radius 1 is 1.00 bits per heavy atom. The number of halogens is 1. The largest absolute Gasteiger partial charge is 0.367 e. The molecular weight excluding hydrogens is 338 g/mol. The number of rotatable bonds is 7. The quantitative estimate of drug-likeness (QED) is 0.639. The van der Waals surface area contributed by atoms with Crippen LogP contribution in [0.25, 0.3) is 5.82 Å². The van der Waals surface area contributed by atoms with Gasteiger partial charge in [-0.05, 0) is 35.9 Å². The predicted octanol–water partition coefficient (Wildman–Crippen LogP) is 2.69. The number of nitrogens with zero attached hydrogens (tertiary/aromatic N) is 3. The minimum Gasteiger partial charge on any atom is -0.367 e. The van der Waals surface area contributed by atoms with Crippen LogP contribution >= 0.6 is 11.6 Å². The molecule has 0 bridgehead atoms. The Labute approximate surface area is 150 Å². The van der Waals surface area contributed by atoms with Crippen LogP contribution in [0.3, 0.4) is 0 Å². The van der Waals surface area contributed by atoms with E-state index in [1.54, 1.807) is 6.07 Å². The molecule has 7 heteroatoms. The second-order valence-electron chi connectivity index (χ2n) is 5.41. The molecule has 0 saturated carbocycles. The topological polar surface area (TPSA) is 71.8 Å². The van der Waals surface area contributed by atoms with Gasteiger partial charge >= 0.3 is 0 Å². The van der Waals surface area contributed by atoms with Crippen LogP contribution in [-0.2, 0) is 11.2 Å². The third-order valence-electron chi connectivity index (χ3n) is 3.58. The summed E-state index contributed by atoms with van der Waals surface area (Å²) in [6, 6.07) is 14.9. The lowest BCUT2D eigenvalue weighted by Gasteiger charge is -2.08. The molecule has 3 rings (SSSR count). The highest BCUT2D eigenvalue weighted by Gasteiger charge is 2.06. The summed E-state index contributed by atoms with van der Waals surface area (Å²) in [7, 11) is 0. The van der Waals surface area contributed by atoms with Crippen molar-refractivity contribution in [1.29, 1.82) is 0 Å². The summed E-state index contributed by atoms with van der Waals surface area (Å²) >= 11 is 6.05. The van der Waals surface area contributed by atoms with Crippen molar-refractivity contribution in [3.8, 4) is 5.82 Å². The van der Waals surface area contributed by atoms with Gasteiger partial charge in [-0.2, -0.15) is 0 Å². The Morgan fingerprint density at radius 3 is 2.52 bits per heavy atom. The smallest absolute Gasteiger partial charge is 0.224 e. The molecule has 25 heavy (non-hydrogen) atoms. The first-order valence-corrected chi connectivity index (χ1v) is 8.31. The Hall–Kier alpha value is -2.86. The summed E-state index contributed by atoms with van der Waals surface area (Å²) in [5.74, 6) is 1.35. The standard InChI is InChI=1S/C18H18ClN5O/c19-15-6-2-1-5-14(15)13-18(25)21-10-9-20-16-7-8-17(23-22-16)24-11-3-4-12-24/h1-8,11-12H,9-10,13H2,(H,20,22)(H,21,25). The first-order chi connectivity index (χ1) is 12.2. The molecule has 0 spiro atoms. The number of carbonyl (C=O) groups excluding carboxylic acids is 1. The van der Waals surface area contributed by atoms with Gasteiger partial charge in [-0.1, -0.05) is 29.8 Å². The molecule has 2 aromatic heterocycles. The molecular formula is C18H18ClN5O. The number of aromatic nitrogens is 3. The molecule has 0 atom stereocenters. The minimum absolute atomic E-state index is 0.0658. The first kappa shape index (κ1) is 17.0. The minimum atomic E-state index is -0.0658. The molecule has 1 aromatic carbocycles. The molecule has 128 valence electrons. The van der Waals surface area contributed by atoms with E-state index >= 15 is 0 Å². The summed E-state index contributed by atoms with van der Waals surface area (Å²) < 4.78 is 1.88. The van der Waals surface area contributed by atoms with E-state index in [0.717, 1.165) is 11.4 Å². The molecule has 2 N–H and O–H groups in total. The number of carbonyl (C=O) groups is 1. The van der Waals surface area contributed by atoms with Gasteiger partial charge in [0.1, 0.15) is 5.82 Å². The lowest BCUT2D eigenvalue weighted by molar-refractivity contribution is -0.120. The van der Waals surface area contributed by atoms with Gasteiger partial charge < -0.3 is 15.2 Å². The van der Waals surface area contributed by atoms with E-state index in [9.17, 15) is 4.79 Å². The zero-order chi connectivity index (χ0) is 17.5. The Bertz CT molecular complexity index is 818. The number of anilines is 1. The molecule has 0 aliphatic heterocycles. The van der Waals surface area contributed by atoms with Crippen LogP contribution in [0, 0.1) is 0 Å². The highest BCUT2D eigenvalue weighted by molar-refractivity contribution is 6.31. The fourth-order valence-electron chi connectivity index (χ4n) is 2.31. The molecule has 0 fully saturated rings. The summed E-state index contributed by atoms with van der Waals surface area (Å²) in [6.07, 6.45) is 4.09. The van der Waals surface area contributed by atoms with Crippen molar-refractivity contribution in [2.45, 2.75) is 6.42 Å². The van der Waals surface area contributed by atoms with Gasteiger partial charge in [0.25, 0.3) is 0 Å². The van der Waals surface area contributed by atoms with E-state index < -0.39 is 0 Å². The maximum atomic E-state index is 11.9. The zero-order valence-corrected chi connectivity index (χ0v) is 14.3. The van der Waals surface area contributed by atoms with Gasteiger partial charge in [0, 0.05) is 30.5 Å². The van der Waals surface area contributed by atoms with Crippen molar-refractivity contribution in [2.75, 3.05) is 18.4 Å². The second kappa shape index (κ2) is 8.30. The first-order valence-electron chi connectivity index (χ1n) is 7.93. The van der Waals surface area contributed by atoms with E-state index in [2.05, 4.69) is 20.8 Å². The van der Waals surface area contributed by atoms with E-state index in [1.807, 2.05) is 59.4 Å². The number of hydrogen-bond donors (Lipinski definition) is 2. The van der Waals surface area contributed by atoms with Gasteiger partial charge in [-0.15, -0.1) is 10.2 Å². The van der Waals surface area contributed by atoms with Gasteiger partial charge in [0.05, 0.1) is 6.42 Å². The third kappa shape index (κ3) is 4.81. The van der Waals surface area contributed by atoms with E-state index in [-0.39, 0.29) is 12.3 Å². The molecule has 6 nitrogen and oxygen atoms in total. The highest BCUT2D eigenvalue weighted by atomic mass is 35.5. The Balaban J connectivity index is 1.41. The third-order valence-corrected chi connectivity index (χ3v) is 3.95. The van der Waals surface area contributed by atoms with Gasteiger partial charge in [-0.3, -0.25) is 4.79 Å². The van der Waals surface area contributed by atoms with Crippen LogP contribution in [0.1, 0.15) is 5.56 Å². The van der Waals surface area contributed by atoms with Gasteiger partial charge in [0.2, 0.25) is 5.91 Å². The molecule has 0 aliphatic rings. The fraction of sp³-hybridized carbons (Fsp3) is 0.167. The molecule has 1 amide bonds. The average molecular weight is 356 g/mol. The van der Waals surface area contributed by atoms with Crippen LogP contribution in [-0.4, -0.2) is 33.8 Å². The number of benzene rings is 1. The monoisotopic (exact) mass is 355 g/mol. The van der Waals surface area contributed by atoms with Crippen LogP contribution in [0.15, 0.2) is 60.9 Å². The molecule has 0 radical (unpaired) electrons. The van der Waals surface area contributed by atoms with E-state index in [0.29, 0.717) is 23.9 Å². The Morgan fingerprint density at radius 2 is 1.80 bits per heavy atom. The average Bonchev–Trinajstić information content (AvgIpc) is 3.16. The van der Waals surface area contributed by atoms with Crippen molar-refractivity contribution in [2.24, 2.45) is 0 Å². The maximum absolute atomic E-state index is 11.9. The van der Waals surface area contributed by atoms with Crippen LogP contribution in [0.2, 0.25) is 5.02 Å². The number of amides is 1. The number of hydrogen-bond acceptors (Lipinski definition) is 4. The molecule has 0 unspecified atom stereocenters. The summed E-state index contributed by atoms with van der Waals surface area (Å²) in [4.78, 5) is 11.9. The van der Waals surface area contributed by atoms with Crippen molar-refractivity contribution in [1.82, 2.24) is 20.1 Å². The second-order valence-corrected chi connectivity index (χ2v) is 5.82. The van der Waals surface area contributed by atoms with Gasteiger partial charge in [0.15, 0.2) is 5.82 Å². The lowest BCUT2D eigenvalue weighted by atomic mass is 10.1. The van der Waals surface area contributed by atoms with Crippen LogP contribution in [0.4, 0.5) is 5.82 Å².